The molecule has 2 N–H and O–H groups in total. The number of nitrogens with two attached hydrogens (primary N) is 1. The molecule has 0 saturated heterocycles. The van der Waals surface area contributed by atoms with Gasteiger partial charge in [0.05, 0.1) is 11.0 Å². The van der Waals surface area contributed by atoms with E-state index in [1.54, 1.807) is 0 Å². The third-order valence-corrected chi connectivity index (χ3v) is 2.45. The molecule has 0 atom stereocenters. The fourth-order valence-electron chi connectivity index (χ4n) is 1.65. The zero-order valence-electron chi connectivity index (χ0n) is 9.44. The van der Waals surface area contributed by atoms with Crippen LogP contribution >= 0.6 is 0 Å². The maximum Gasteiger partial charge on any atom is 0.433 e. The number of primary amides is 1. The zero-order valence-corrected chi connectivity index (χ0v) is 9.44. The number of hydrogen-bond donors (Lipinski definition) is 1. The standard InChI is InChI=1S/C11H8F3N3O2/c12-11(13,14)8-3-2-7-6(16-8)1-4-10(19)17(7)5-9(15)18/h1-4H,5H2,(H2,15,18). The van der Waals surface area contributed by atoms with Crippen LogP contribution in [0.15, 0.2) is 29.1 Å². The molecule has 2 rings (SSSR count). The molecule has 0 bridgehead atoms. The highest BCUT2D eigenvalue weighted by atomic mass is 19.4. The van der Waals surface area contributed by atoms with Crippen molar-refractivity contribution in [1.82, 2.24) is 9.55 Å². The Morgan fingerprint density at radius 3 is 2.53 bits per heavy atom. The second-order valence-electron chi connectivity index (χ2n) is 3.82. The van der Waals surface area contributed by atoms with E-state index in [1.165, 1.54) is 6.07 Å². The Morgan fingerprint density at radius 2 is 1.95 bits per heavy atom. The molecule has 8 heteroatoms. The first-order chi connectivity index (χ1) is 8.79. The molecular formula is C11H8F3N3O2. The van der Waals surface area contributed by atoms with Crippen LogP contribution in [-0.2, 0) is 17.5 Å². The van der Waals surface area contributed by atoms with Crippen molar-refractivity contribution < 1.29 is 18.0 Å². The second kappa shape index (κ2) is 4.38. The van der Waals surface area contributed by atoms with Crippen LogP contribution in [0.2, 0.25) is 0 Å². The van der Waals surface area contributed by atoms with Crippen molar-refractivity contribution in [2.45, 2.75) is 12.7 Å². The largest absolute Gasteiger partial charge is 0.433 e. The number of pyridine rings is 2. The maximum atomic E-state index is 12.5. The van der Waals surface area contributed by atoms with Crippen LogP contribution in [-0.4, -0.2) is 15.5 Å². The third-order valence-electron chi connectivity index (χ3n) is 2.45. The first-order valence-electron chi connectivity index (χ1n) is 5.15. The van der Waals surface area contributed by atoms with Crippen molar-refractivity contribution in [2.75, 3.05) is 0 Å². The van der Waals surface area contributed by atoms with Crippen molar-refractivity contribution in [2.24, 2.45) is 5.73 Å². The minimum Gasteiger partial charge on any atom is -0.368 e. The van der Waals surface area contributed by atoms with E-state index in [1.807, 2.05) is 0 Å². The fourth-order valence-corrected chi connectivity index (χ4v) is 1.65. The van der Waals surface area contributed by atoms with Crippen molar-refractivity contribution in [3.05, 3.63) is 40.3 Å². The number of halogens is 3. The predicted octanol–water partition coefficient (Wildman–Crippen LogP) is 0.901. The molecule has 0 aliphatic heterocycles. The first kappa shape index (κ1) is 13.1. The molecule has 100 valence electrons. The molecule has 5 nitrogen and oxygen atoms in total. The van der Waals surface area contributed by atoms with Crippen LogP contribution < -0.4 is 11.3 Å². The molecule has 1 amide bonds. The van der Waals surface area contributed by atoms with Crippen LogP contribution in [0.5, 0.6) is 0 Å². The van der Waals surface area contributed by atoms with E-state index in [2.05, 4.69) is 4.98 Å². The van der Waals surface area contributed by atoms with E-state index in [0.29, 0.717) is 0 Å². The summed E-state index contributed by atoms with van der Waals surface area (Å²) in [4.78, 5) is 25.8. The monoisotopic (exact) mass is 271 g/mol. The number of nitrogens with zero attached hydrogens (tertiary/aromatic N) is 2. The van der Waals surface area contributed by atoms with Crippen molar-refractivity contribution in [3.8, 4) is 0 Å². The Bertz CT molecular complexity index is 706. The molecule has 0 radical (unpaired) electrons. The molecule has 0 saturated carbocycles. The number of carbonyl (C=O) groups excluding carboxylic acids is 1. The number of amides is 1. The zero-order chi connectivity index (χ0) is 14.2. The van der Waals surface area contributed by atoms with Crippen molar-refractivity contribution in [1.29, 1.82) is 0 Å². The highest BCUT2D eigenvalue weighted by Crippen LogP contribution is 2.28. The van der Waals surface area contributed by atoms with Gasteiger partial charge in [-0.2, -0.15) is 13.2 Å². The van der Waals surface area contributed by atoms with Gasteiger partial charge in [0.25, 0.3) is 5.56 Å². The van der Waals surface area contributed by atoms with Gasteiger partial charge >= 0.3 is 6.18 Å². The third kappa shape index (κ3) is 2.56. The molecule has 2 aromatic rings. The summed E-state index contributed by atoms with van der Waals surface area (Å²) in [5, 5.41) is 0. The van der Waals surface area contributed by atoms with E-state index in [0.717, 1.165) is 22.8 Å². The average molecular weight is 271 g/mol. The number of rotatable bonds is 2. The number of hydrogen-bond acceptors (Lipinski definition) is 3. The Balaban J connectivity index is 2.68. The summed E-state index contributed by atoms with van der Waals surface area (Å²) < 4.78 is 38.5. The van der Waals surface area contributed by atoms with E-state index in [9.17, 15) is 22.8 Å². The lowest BCUT2D eigenvalue weighted by molar-refractivity contribution is -0.141. The van der Waals surface area contributed by atoms with Gasteiger partial charge in [0.15, 0.2) is 0 Å². The molecule has 19 heavy (non-hydrogen) atoms. The van der Waals surface area contributed by atoms with Gasteiger partial charge in [0.1, 0.15) is 12.2 Å². The van der Waals surface area contributed by atoms with Gasteiger partial charge in [-0.15, -0.1) is 0 Å². The lowest BCUT2D eigenvalue weighted by Gasteiger charge is -2.10. The highest BCUT2D eigenvalue weighted by Gasteiger charge is 2.32. The van der Waals surface area contributed by atoms with E-state index >= 15 is 0 Å². The summed E-state index contributed by atoms with van der Waals surface area (Å²) in [5.74, 6) is -0.769. The summed E-state index contributed by atoms with van der Waals surface area (Å²) in [7, 11) is 0. The predicted molar refractivity (Wildman–Crippen MR) is 60.2 cm³/mol. The van der Waals surface area contributed by atoms with Crippen LogP contribution in [0.3, 0.4) is 0 Å². The summed E-state index contributed by atoms with van der Waals surface area (Å²) in [6.45, 7) is -0.413. The highest BCUT2D eigenvalue weighted by molar-refractivity contribution is 5.79. The molecule has 0 unspecified atom stereocenters. The average Bonchev–Trinajstić information content (AvgIpc) is 2.30. The number of carbonyl (C=O) groups is 1. The van der Waals surface area contributed by atoms with E-state index in [4.69, 9.17) is 5.73 Å². The molecule has 0 spiro atoms. The van der Waals surface area contributed by atoms with Gasteiger partial charge in [-0.3, -0.25) is 14.2 Å². The van der Waals surface area contributed by atoms with Crippen molar-refractivity contribution >= 4 is 16.9 Å². The fraction of sp³-hybridized carbons (Fsp3) is 0.182. The number of aromatic nitrogens is 2. The molecule has 0 aliphatic rings. The lowest BCUT2D eigenvalue weighted by atomic mass is 10.2. The summed E-state index contributed by atoms with van der Waals surface area (Å²) in [6, 6.07) is 4.05. The van der Waals surface area contributed by atoms with Gasteiger partial charge < -0.3 is 5.73 Å². The Kier molecular flexibility index (Phi) is 3.01. The molecule has 0 aromatic carbocycles. The van der Waals surface area contributed by atoms with Gasteiger partial charge in [-0.05, 0) is 18.2 Å². The van der Waals surface area contributed by atoms with Crippen LogP contribution in [0.1, 0.15) is 5.69 Å². The lowest BCUT2D eigenvalue weighted by Crippen LogP contribution is -2.28. The first-order valence-corrected chi connectivity index (χ1v) is 5.15. The Hall–Kier alpha value is -2.38. The minimum atomic E-state index is -4.57. The van der Waals surface area contributed by atoms with E-state index < -0.39 is 29.9 Å². The number of alkyl halides is 3. The summed E-state index contributed by atoms with van der Waals surface area (Å²) >= 11 is 0. The molecule has 0 fully saturated rings. The SMILES string of the molecule is NC(=O)Cn1c(=O)ccc2nc(C(F)(F)F)ccc21. The minimum absolute atomic E-state index is 0.0318. The molecule has 0 aliphatic carbocycles. The van der Waals surface area contributed by atoms with Crippen LogP contribution in [0.4, 0.5) is 13.2 Å². The quantitative estimate of drug-likeness (QED) is 0.881. The van der Waals surface area contributed by atoms with Crippen LogP contribution in [0, 0.1) is 0 Å². The van der Waals surface area contributed by atoms with Gasteiger partial charge in [0, 0.05) is 6.07 Å². The smallest absolute Gasteiger partial charge is 0.368 e. The van der Waals surface area contributed by atoms with Gasteiger partial charge in [-0.25, -0.2) is 4.98 Å². The second-order valence-corrected chi connectivity index (χ2v) is 3.82. The van der Waals surface area contributed by atoms with Crippen LogP contribution in [0.25, 0.3) is 11.0 Å². The molecular weight excluding hydrogens is 263 g/mol. The Morgan fingerprint density at radius 1 is 1.26 bits per heavy atom. The maximum absolute atomic E-state index is 12.5. The van der Waals surface area contributed by atoms with E-state index in [-0.39, 0.29) is 11.0 Å². The molecule has 2 aromatic heterocycles. The summed E-state index contributed by atoms with van der Waals surface area (Å²) in [6.07, 6.45) is -4.57. The van der Waals surface area contributed by atoms with Gasteiger partial charge in [0.2, 0.25) is 5.91 Å². The van der Waals surface area contributed by atoms with Gasteiger partial charge in [-0.1, -0.05) is 0 Å². The molecule has 2 heterocycles. The summed E-state index contributed by atoms with van der Waals surface area (Å²) in [5.41, 5.74) is 3.48. The normalized spacial score (nSPS) is 11.7. The Labute approximate surface area is 104 Å². The van der Waals surface area contributed by atoms with Crippen molar-refractivity contribution in [3.63, 3.8) is 0 Å². The topological polar surface area (TPSA) is 78.0 Å². The number of fused-ring (bicyclic) bond motifs is 1.